The van der Waals surface area contributed by atoms with Crippen molar-refractivity contribution in [1.29, 1.82) is 0 Å². The maximum atomic E-state index is 12.3. The minimum Gasteiger partial charge on any atom is -0.483 e. The summed E-state index contributed by atoms with van der Waals surface area (Å²) in [5, 5.41) is 11.8. The van der Waals surface area contributed by atoms with Gasteiger partial charge in [-0.2, -0.15) is 0 Å². The van der Waals surface area contributed by atoms with Crippen LogP contribution in [0.1, 0.15) is 35.6 Å². The van der Waals surface area contributed by atoms with E-state index in [0.29, 0.717) is 12.2 Å². The summed E-state index contributed by atoms with van der Waals surface area (Å²) in [4.78, 5) is 23.2. The van der Waals surface area contributed by atoms with E-state index >= 15 is 0 Å². The highest BCUT2D eigenvalue weighted by atomic mass is 16.5. The van der Waals surface area contributed by atoms with Gasteiger partial charge in [-0.1, -0.05) is 48.5 Å². The second-order valence-corrected chi connectivity index (χ2v) is 5.97. The third kappa shape index (κ3) is 5.64. The van der Waals surface area contributed by atoms with E-state index < -0.39 is 5.97 Å². The zero-order valence-corrected chi connectivity index (χ0v) is 14.5. The Kier molecular flexibility index (Phi) is 6.57. The van der Waals surface area contributed by atoms with Crippen LogP contribution >= 0.6 is 0 Å². The summed E-state index contributed by atoms with van der Waals surface area (Å²) in [7, 11) is 0. The van der Waals surface area contributed by atoms with Crippen molar-refractivity contribution in [1.82, 2.24) is 5.32 Å². The molecule has 0 saturated carbocycles. The third-order valence-electron chi connectivity index (χ3n) is 3.94. The predicted octanol–water partition coefficient (Wildman–Crippen LogP) is 3.40. The zero-order chi connectivity index (χ0) is 18.2. The lowest BCUT2D eigenvalue weighted by Gasteiger charge is -2.19. The van der Waals surface area contributed by atoms with Gasteiger partial charge in [0.05, 0.1) is 6.04 Å². The number of ether oxygens (including phenoxy) is 1. The monoisotopic (exact) mass is 341 g/mol. The average Bonchev–Trinajstić information content (AvgIpc) is 2.58. The zero-order valence-electron chi connectivity index (χ0n) is 14.5. The van der Waals surface area contributed by atoms with Crippen molar-refractivity contribution >= 4 is 11.9 Å². The minimum atomic E-state index is -0.887. The van der Waals surface area contributed by atoms with Gasteiger partial charge in [-0.05, 0) is 37.0 Å². The van der Waals surface area contributed by atoms with E-state index in [4.69, 9.17) is 9.84 Å². The van der Waals surface area contributed by atoms with Gasteiger partial charge in [0.2, 0.25) is 0 Å². The van der Waals surface area contributed by atoms with E-state index in [1.54, 1.807) is 0 Å². The molecule has 1 atom stereocenters. The lowest BCUT2D eigenvalue weighted by molar-refractivity contribution is -0.137. The molecule has 5 heteroatoms. The molecule has 0 aromatic heterocycles. The van der Waals surface area contributed by atoms with Crippen molar-refractivity contribution in [3.8, 4) is 5.75 Å². The molecule has 0 aliphatic carbocycles. The molecule has 0 spiro atoms. The van der Waals surface area contributed by atoms with Crippen LogP contribution in [0.5, 0.6) is 5.75 Å². The van der Waals surface area contributed by atoms with Crippen molar-refractivity contribution in [2.24, 2.45) is 0 Å². The van der Waals surface area contributed by atoms with Gasteiger partial charge in [-0.25, -0.2) is 0 Å². The molecule has 1 amide bonds. The molecular formula is C20H23NO4. The van der Waals surface area contributed by atoms with Crippen molar-refractivity contribution in [3.05, 3.63) is 65.2 Å². The first-order valence-electron chi connectivity index (χ1n) is 8.22. The van der Waals surface area contributed by atoms with Crippen LogP contribution < -0.4 is 10.1 Å². The first-order chi connectivity index (χ1) is 12.0. The highest BCUT2D eigenvalue weighted by Gasteiger charge is 2.16. The Morgan fingerprint density at radius 1 is 1.04 bits per heavy atom. The molecule has 0 heterocycles. The van der Waals surface area contributed by atoms with E-state index in [9.17, 15) is 9.59 Å². The molecular weight excluding hydrogens is 318 g/mol. The van der Waals surface area contributed by atoms with Crippen LogP contribution in [-0.4, -0.2) is 23.6 Å². The van der Waals surface area contributed by atoms with Gasteiger partial charge in [0.1, 0.15) is 5.75 Å². The largest absolute Gasteiger partial charge is 0.483 e. The summed E-state index contributed by atoms with van der Waals surface area (Å²) in [6.07, 6.45) is 0.312. The molecule has 5 nitrogen and oxygen atoms in total. The Morgan fingerprint density at radius 3 is 2.28 bits per heavy atom. The van der Waals surface area contributed by atoms with E-state index in [2.05, 4.69) is 5.32 Å². The molecule has 2 rings (SSSR count). The van der Waals surface area contributed by atoms with E-state index in [1.807, 2.05) is 62.4 Å². The normalized spacial score (nSPS) is 11.6. The SMILES string of the molecule is Cc1cccc(C)c1OCC(=O)NC(CCC(=O)O)c1ccccc1. The topological polar surface area (TPSA) is 75.6 Å². The number of carbonyl (C=O) groups excluding carboxylic acids is 1. The Bertz CT molecular complexity index is 707. The summed E-state index contributed by atoms with van der Waals surface area (Å²) >= 11 is 0. The van der Waals surface area contributed by atoms with Gasteiger partial charge in [0.15, 0.2) is 6.61 Å². The van der Waals surface area contributed by atoms with Gasteiger partial charge in [0.25, 0.3) is 5.91 Å². The molecule has 0 fully saturated rings. The number of amides is 1. The number of aryl methyl sites for hydroxylation is 2. The minimum absolute atomic E-state index is 0.0163. The number of carboxylic acid groups (broad SMARTS) is 1. The maximum absolute atomic E-state index is 12.3. The molecule has 25 heavy (non-hydrogen) atoms. The van der Waals surface area contributed by atoms with Crippen LogP contribution in [-0.2, 0) is 9.59 Å². The van der Waals surface area contributed by atoms with Crippen LogP contribution in [0, 0.1) is 13.8 Å². The second kappa shape index (κ2) is 8.87. The van der Waals surface area contributed by atoms with Crippen LogP contribution in [0.3, 0.4) is 0 Å². The summed E-state index contributed by atoms with van der Waals surface area (Å²) in [5.41, 5.74) is 2.82. The van der Waals surface area contributed by atoms with E-state index in [1.165, 1.54) is 0 Å². The third-order valence-corrected chi connectivity index (χ3v) is 3.94. The Labute approximate surface area is 147 Å². The molecule has 0 aliphatic rings. The summed E-state index contributed by atoms with van der Waals surface area (Å²) in [5.74, 6) is -0.455. The van der Waals surface area contributed by atoms with Gasteiger partial charge in [-0.3, -0.25) is 9.59 Å². The van der Waals surface area contributed by atoms with Crippen molar-refractivity contribution in [3.63, 3.8) is 0 Å². The summed E-state index contributed by atoms with van der Waals surface area (Å²) in [6, 6.07) is 14.8. The van der Waals surface area contributed by atoms with Gasteiger partial charge < -0.3 is 15.2 Å². The maximum Gasteiger partial charge on any atom is 0.303 e. The van der Waals surface area contributed by atoms with Crippen molar-refractivity contribution in [2.45, 2.75) is 32.7 Å². The second-order valence-electron chi connectivity index (χ2n) is 5.97. The number of hydrogen-bond donors (Lipinski definition) is 2. The fraction of sp³-hybridized carbons (Fsp3) is 0.300. The predicted molar refractivity (Wildman–Crippen MR) is 95.6 cm³/mol. The highest BCUT2D eigenvalue weighted by molar-refractivity contribution is 5.78. The Morgan fingerprint density at radius 2 is 1.68 bits per heavy atom. The van der Waals surface area contributed by atoms with E-state index in [0.717, 1.165) is 16.7 Å². The molecule has 2 N–H and O–H groups in total. The van der Waals surface area contributed by atoms with Crippen LogP contribution in [0.15, 0.2) is 48.5 Å². The van der Waals surface area contributed by atoms with Crippen LogP contribution in [0.4, 0.5) is 0 Å². The quantitative estimate of drug-likeness (QED) is 0.771. The number of hydrogen-bond acceptors (Lipinski definition) is 3. The summed E-state index contributed by atoms with van der Waals surface area (Å²) < 4.78 is 5.66. The number of carbonyl (C=O) groups is 2. The first-order valence-corrected chi connectivity index (χ1v) is 8.22. The lowest BCUT2D eigenvalue weighted by atomic mass is 10.0. The highest BCUT2D eigenvalue weighted by Crippen LogP contribution is 2.22. The number of para-hydroxylation sites is 1. The molecule has 132 valence electrons. The molecule has 2 aromatic carbocycles. The Balaban J connectivity index is 2.00. The standard InChI is InChI=1S/C20H23NO4/c1-14-7-6-8-15(2)20(14)25-13-18(22)21-17(11-12-19(23)24)16-9-4-3-5-10-16/h3-10,17H,11-13H2,1-2H3,(H,21,22)(H,23,24). The molecule has 0 radical (unpaired) electrons. The molecule has 0 aliphatic heterocycles. The average molecular weight is 341 g/mol. The molecule has 1 unspecified atom stereocenters. The summed E-state index contributed by atoms with van der Waals surface area (Å²) in [6.45, 7) is 3.75. The lowest BCUT2D eigenvalue weighted by Crippen LogP contribution is -2.33. The fourth-order valence-electron chi connectivity index (χ4n) is 2.68. The number of benzene rings is 2. The number of nitrogens with one attached hydrogen (secondary N) is 1. The van der Waals surface area contributed by atoms with Gasteiger partial charge >= 0.3 is 5.97 Å². The molecule has 2 aromatic rings. The van der Waals surface area contributed by atoms with Gasteiger partial charge in [0, 0.05) is 6.42 Å². The molecule has 0 bridgehead atoms. The Hall–Kier alpha value is -2.82. The fourth-order valence-corrected chi connectivity index (χ4v) is 2.68. The van der Waals surface area contributed by atoms with E-state index in [-0.39, 0.29) is 25.0 Å². The number of aliphatic carboxylic acids is 1. The van der Waals surface area contributed by atoms with Crippen LogP contribution in [0.2, 0.25) is 0 Å². The smallest absolute Gasteiger partial charge is 0.303 e. The van der Waals surface area contributed by atoms with Gasteiger partial charge in [-0.15, -0.1) is 0 Å². The van der Waals surface area contributed by atoms with Crippen LogP contribution in [0.25, 0.3) is 0 Å². The first kappa shape index (κ1) is 18.5. The molecule has 0 saturated heterocycles. The van der Waals surface area contributed by atoms with Crippen molar-refractivity contribution in [2.75, 3.05) is 6.61 Å². The van der Waals surface area contributed by atoms with Crippen molar-refractivity contribution < 1.29 is 19.4 Å². The number of rotatable bonds is 8. The number of carboxylic acids is 1.